The van der Waals surface area contributed by atoms with Crippen LogP contribution in [0.2, 0.25) is 0 Å². The number of nitrogens with zero attached hydrogens (tertiary/aromatic N) is 1. The molecule has 0 rings (SSSR count). The Labute approximate surface area is 92.6 Å². The first-order valence-corrected chi connectivity index (χ1v) is 5.76. The van der Waals surface area contributed by atoms with Crippen molar-refractivity contribution < 1.29 is 4.79 Å². The number of alkyl halides is 1. The molecule has 0 aliphatic carbocycles. The molecule has 0 aromatic carbocycles. The summed E-state index contributed by atoms with van der Waals surface area (Å²) >= 11 is 5.65. The van der Waals surface area contributed by atoms with E-state index in [-0.39, 0.29) is 11.8 Å². The van der Waals surface area contributed by atoms with Crippen molar-refractivity contribution in [2.75, 3.05) is 12.9 Å². The number of hydrogen-bond donors (Lipinski definition) is 0. The van der Waals surface area contributed by atoms with Crippen molar-refractivity contribution >= 4 is 17.5 Å². The van der Waals surface area contributed by atoms with Gasteiger partial charge in [0.15, 0.2) is 0 Å². The summed E-state index contributed by atoms with van der Waals surface area (Å²) in [4.78, 5) is 13.6. The smallest absolute Gasteiger partial charge is 0.226 e. The van der Waals surface area contributed by atoms with Crippen molar-refractivity contribution in [3.63, 3.8) is 0 Å². The number of hydrogen-bond acceptors (Lipinski definition) is 1. The van der Waals surface area contributed by atoms with E-state index in [0.29, 0.717) is 17.8 Å². The van der Waals surface area contributed by atoms with Crippen LogP contribution in [0.3, 0.4) is 0 Å². The summed E-state index contributed by atoms with van der Waals surface area (Å²) in [5, 5.41) is 0. The molecule has 0 saturated carbocycles. The van der Waals surface area contributed by atoms with E-state index >= 15 is 0 Å². The average Bonchev–Trinajstić information content (AvgIpc) is 2.13. The van der Waals surface area contributed by atoms with Crippen LogP contribution >= 0.6 is 11.6 Å². The number of rotatable bonds is 5. The molecule has 0 N–H and O–H groups in total. The largest absolute Gasteiger partial charge is 0.343 e. The fraction of sp³-hybridized carbons (Fsp3) is 0.909. The van der Waals surface area contributed by atoms with Gasteiger partial charge in [-0.25, -0.2) is 0 Å². The van der Waals surface area contributed by atoms with Gasteiger partial charge in [0.25, 0.3) is 0 Å². The molecule has 0 fully saturated rings. The number of amides is 1. The van der Waals surface area contributed by atoms with Crippen molar-refractivity contribution in [2.45, 2.75) is 40.2 Å². The topological polar surface area (TPSA) is 20.3 Å². The van der Waals surface area contributed by atoms with Crippen LogP contribution in [0.4, 0.5) is 0 Å². The van der Waals surface area contributed by atoms with Gasteiger partial charge >= 0.3 is 0 Å². The van der Waals surface area contributed by atoms with Crippen LogP contribution in [0.25, 0.3) is 0 Å². The molecule has 0 aromatic heterocycles. The fourth-order valence-corrected chi connectivity index (χ4v) is 1.60. The lowest BCUT2D eigenvalue weighted by Crippen LogP contribution is -2.39. The number of carbonyl (C=O) groups is 1. The van der Waals surface area contributed by atoms with E-state index in [2.05, 4.69) is 20.8 Å². The summed E-state index contributed by atoms with van der Waals surface area (Å²) in [6.07, 6.45) is 1.04. The predicted octanol–water partition coefficient (Wildman–Crippen LogP) is 2.75. The second-order valence-corrected chi connectivity index (χ2v) is 4.79. The lowest BCUT2D eigenvalue weighted by molar-refractivity contribution is -0.135. The van der Waals surface area contributed by atoms with E-state index in [4.69, 9.17) is 11.6 Å². The van der Waals surface area contributed by atoms with Gasteiger partial charge in [0.05, 0.1) is 0 Å². The van der Waals surface area contributed by atoms with Crippen LogP contribution in [0.1, 0.15) is 34.1 Å². The van der Waals surface area contributed by atoms with E-state index in [9.17, 15) is 4.79 Å². The molecule has 2 nitrogen and oxygen atoms in total. The Bertz CT molecular complexity index is 182. The molecule has 14 heavy (non-hydrogen) atoms. The first kappa shape index (κ1) is 13.8. The first-order valence-electron chi connectivity index (χ1n) is 5.22. The van der Waals surface area contributed by atoms with Gasteiger partial charge in [-0.05, 0) is 19.3 Å². The lowest BCUT2D eigenvalue weighted by atomic mass is 10.0. The number of carbonyl (C=O) groups excluding carboxylic acids is 1. The van der Waals surface area contributed by atoms with E-state index in [1.807, 2.05) is 18.9 Å². The van der Waals surface area contributed by atoms with Crippen LogP contribution in [-0.2, 0) is 4.79 Å². The third-order valence-corrected chi connectivity index (χ3v) is 2.94. The molecule has 1 amide bonds. The zero-order valence-electron chi connectivity index (χ0n) is 9.88. The SMILES string of the molecule is CC(C)CC(C)N(C)C(=O)C(C)CCl. The Kier molecular flexibility index (Phi) is 6.17. The summed E-state index contributed by atoms with van der Waals surface area (Å²) in [6, 6.07) is 0.299. The van der Waals surface area contributed by atoms with Gasteiger partial charge in [0.1, 0.15) is 0 Å². The van der Waals surface area contributed by atoms with E-state index in [0.717, 1.165) is 6.42 Å². The summed E-state index contributed by atoms with van der Waals surface area (Å²) in [6.45, 7) is 8.28. The normalized spacial score (nSPS) is 15.4. The van der Waals surface area contributed by atoms with E-state index < -0.39 is 0 Å². The van der Waals surface area contributed by atoms with Gasteiger partial charge in [0, 0.05) is 24.9 Å². The van der Waals surface area contributed by atoms with Crippen LogP contribution in [0.5, 0.6) is 0 Å². The Hall–Kier alpha value is -0.240. The highest BCUT2D eigenvalue weighted by molar-refractivity contribution is 6.19. The van der Waals surface area contributed by atoms with Crippen LogP contribution in [0, 0.1) is 11.8 Å². The van der Waals surface area contributed by atoms with Gasteiger partial charge in [-0.1, -0.05) is 20.8 Å². The van der Waals surface area contributed by atoms with Crippen molar-refractivity contribution in [3.05, 3.63) is 0 Å². The molecule has 0 aliphatic rings. The molecule has 0 spiro atoms. The Morgan fingerprint density at radius 2 is 1.79 bits per heavy atom. The highest BCUT2D eigenvalue weighted by Gasteiger charge is 2.21. The van der Waals surface area contributed by atoms with Gasteiger partial charge in [-0.3, -0.25) is 4.79 Å². The Balaban J connectivity index is 4.16. The van der Waals surface area contributed by atoms with Gasteiger partial charge in [-0.15, -0.1) is 11.6 Å². The average molecular weight is 220 g/mol. The van der Waals surface area contributed by atoms with Crippen molar-refractivity contribution in [2.24, 2.45) is 11.8 Å². The molecular weight excluding hydrogens is 198 g/mol. The van der Waals surface area contributed by atoms with Gasteiger partial charge < -0.3 is 4.90 Å². The molecule has 2 unspecified atom stereocenters. The third kappa shape index (κ3) is 4.32. The molecule has 0 aromatic rings. The predicted molar refractivity (Wildman–Crippen MR) is 61.6 cm³/mol. The van der Waals surface area contributed by atoms with Gasteiger partial charge in [0.2, 0.25) is 5.91 Å². The minimum Gasteiger partial charge on any atom is -0.343 e. The molecule has 0 aliphatic heterocycles. The minimum absolute atomic E-state index is 0.0729. The Morgan fingerprint density at radius 1 is 1.29 bits per heavy atom. The summed E-state index contributed by atoms with van der Waals surface area (Å²) in [5.41, 5.74) is 0. The standard InChI is InChI=1S/C11H22ClNO/c1-8(2)6-10(4)13(5)11(14)9(3)7-12/h8-10H,6-7H2,1-5H3. The minimum atomic E-state index is -0.0729. The van der Waals surface area contributed by atoms with Gasteiger partial charge in [-0.2, -0.15) is 0 Å². The van der Waals surface area contributed by atoms with E-state index in [1.165, 1.54) is 0 Å². The maximum atomic E-state index is 11.7. The van der Waals surface area contributed by atoms with Crippen LogP contribution in [0.15, 0.2) is 0 Å². The lowest BCUT2D eigenvalue weighted by Gasteiger charge is -2.28. The highest BCUT2D eigenvalue weighted by Crippen LogP contribution is 2.12. The second kappa shape index (κ2) is 6.28. The van der Waals surface area contributed by atoms with Crippen LogP contribution < -0.4 is 0 Å². The third-order valence-electron chi connectivity index (χ3n) is 2.47. The maximum absolute atomic E-state index is 11.7. The molecule has 0 heterocycles. The second-order valence-electron chi connectivity index (χ2n) is 4.48. The fourth-order valence-electron chi connectivity index (χ4n) is 1.47. The molecule has 0 radical (unpaired) electrons. The zero-order chi connectivity index (χ0) is 11.3. The highest BCUT2D eigenvalue weighted by atomic mass is 35.5. The summed E-state index contributed by atoms with van der Waals surface area (Å²) in [5.74, 6) is 1.09. The molecular formula is C11H22ClNO. The molecule has 3 heteroatoms. The number of halogens is 1. The van der Waals surface area contributed by atoms with Crippen LogP contribution in [-0.4, -0.2) is 29.8 Å². The van der Waals surface area contributed by atoms with Crippen molar-refractivity contribution in [1.29, 1.82) is 0 Å². The molecule has 0 saturated heterocycles. The monoisotopic (exact) mass is 219 g/mol. The summed E-state index contributed by atoms with van der Waals surface area (Å²) in [7, 11) is 1.86. The Morgan fingerprint density at radius 3 is 2.14 bits per heavy atom. The summed E-state index contributed by atoms with van der Waals surface area (Å²) < 4.78 is 0. The maximum Gasteiger partial charge on any atom is 0.226 e. The first-order chi connectivity index (χ1) is 6.40. The van der Waals surface area contributed by atoms with E-state index in [1.54, 1.807) is 0 Å². The van der Waals surface area contributed by atoms with Crippen molar-refractivity contribution in [3.8, 4) is 0 Å². The molecule has 2 atom stereocenters. The zero-order valence-corrected chi connectivity index (χ0v) is 10.6. The molecule has 0 bridgehead atoms. The van der Waals surface area contributed by atoms with Crippen molar-refractivity contribution in [1.82, 2.24) is 4.90 Å². The quantitative estimate of drug-likeness (QED) is 0.652. The molecule has 84 valence electrons.